The quantitative estimate of drug-likeness (QED) is 0.927. The zero-order valence-electron chi connectivity index (χ0n) is 12.5. The maximum Gasteiger partial charge on any atom is 0.0992 e. The second-order valence-electron chi connectivity index (χ2n) is 6.24. The number of nitrogens with zero attached hydrogens (tertiary/aromatic N) is 2. The van der Waals surface area contributed by atoms with Crippen LogP contribution < -0.4 is 5.32 Å². The average Bonchev–Trinajstić information content (AvgIpc) is 2.84. The molecule has 0 saturated carbocycles. The van der Waals surface area contributed by atoms with E-state index in [1.54, 1.807) is 6.07 Å². The number of benzene rings is 1. The van der Waals surface area contributed by atoms with Crippen LogP contribution in [-0.4, -0.2) is 29.6 Å². The van der Waals surface area contributed by atoms with Gasteiger partial charge in [0.1, 0.15) is 0 Å². The molecule has 0 aliphatic carbocycles. The van der Waals surface area contributed by atoms with Crippen LogP contribution in [0.1, 0.15) is 43.7 Å². The van der Waals surface area contributed by atoms with Crippen molar-refractivity contribution in [3.8, 4) is 6.07 Å². The fourth-order valence-electron chi connectivity index (χ4n) is 3.79. The van der Waals surface area contributed by atoms with Gasteiger partial charge in [0.05, 0.1) is 11.6 Å². The summed E-state index contributed by atoms with van der Waals surface area (Å²) in [5.41, 5.74) is 1.76. The molecule has 2 heterocycles. The smallest absolute Gasteiger partial charge is 0.0992 e. The Morgan fingerprint density at radius 3 is 2.62 bits per heavy atom. The van der Waals surface area contributed by atoms with Crippen LogP contribution in [0.3, 0.4) is 0 Å². The molecule has 0 radical (unpaired) electrons. The van der Waals surface area contributed by atoms with Gasteiger partial charge in [-0.1, -0.05) is 24.6 Å². The molecule has 0 spiro atoms. The van der Waals surface area contributed by atoms with Crippen LogP contribution in [0.5, 0.6) is 0 Å². The van der Waals surface area contributed by atoms with E-state index >= 15 is 0 Å². The second kappa shape index (κ2) is 6.36. The van der Waals surface area contributed by atoms with Crippen LogP contribution in [0, 0.1) is 11.3 Å². The van der Waals surface area contributed by atoms with Gasteiger partial charge < -0.3 is 5.32 Å². The van der Waals surface area contributed by atoms with Crippen molar-refractivity contribution in [1.29, 1.82) is 5.26 Å². The third-order valence-electron chi connectivity index (χ3n) is 4.93. The van der Waals surface area contributed by atoms with E-state index in [4.69, 9.17) is 16.9 Å². The lowest BCUT2D eigenvalue weighted by atomic mass is 9.97. The van der Waals surface area contributed by atoms with E-state index in [-0.39, 0.29) is 0 Å². The van der Waals surface area contributed by atoms with E-state index in [9.17, 15) is 0 Å². The van der Waals surface area contributed by atoms with Crippen molar-refractivity contribution in [2.45, 2.75) is 57.3 Å². The van der Waals surface area contributed by atoms with E-state index in [0.717, 1.165) is 18.7 Å². The van der Waals surface area contributed by atoms with Gasteiger partial charge >= 0.3 is 0 Å². The summed E-state index contributed by atoms with van der Waals surface area (Å²) in [5.74, 6) is 0. The minimum Gasteiger partial charge on any atom is -0.311 e. The van der Waals surface area contributed by atoms with Gasteiger partial charge in [-0.25, -0.2) is 0 Å². The Kier molecular flexibility index (Phi) is 4.49. The Balaban J connectivity index is 1.71. The highest BCUT2D eigenvalue weighted by molar-refractivity contribution is 6.31. The lowest BCUT2D eigenvalue weighted by Crippen LogP contribution is -2.47. The average molecular weight is 304 g/mol. The highest BCUT2D eigenvalue weighted by atomic mass is 35.5. The van der Waals surface area contributed by atoms with Crippen molar-refractivity contribution in [3.63, 3.8) is 0 Å². The Labute approximate surface area is 131 Å². The van der Waals surface area contributed by atoms with E-state index in [1.165, 1.54) is 25.7 Å². The number of hydrogen-bond donors (Lipinski definition) is 1. The minimum absolute atomic E-state index is 0.631. The molecule has 0 aromatic heterocycles. The first-order chi connectivity index (χ1) is 10.2. The highest BCUT2D eigenvalue weighted by Crippen LogP contribution is 2.31. The summed E-state index contributed by atoms with van der Waals surface area (Å²) in [4.78, 5) is 2.54. The lowest BCUT2D eigenvalue weighted by molar-refractivity contribution is 0.141. The summed E-state index contributed by atoms with van der Waals surface area (Å²) in [7, 11) is 0. The van der Waals surface area contributed by atoms with Crippen molar-refractivity contribution < 1.29 is 0 Å². The zero-order chi connectivity index (χ0) is 14.8. The number of fused-ring (bicyclic) bond motifs is 2. The standard InChI is InChI=1S/C17H22ClN3/c1-2-21(16-8-14-5-6-15(9-16)20-14)11-13-4-3-12(10-19)7-17(13)18/h3-4,7,14-16,20H,2,5-6,8-9,11H2,1H3. The number of piperidine rings is 1. The molecule has 2 bridgehead atoms. The topological polar surface area (TPSA) is 39.1 Å². The summed E-state index contributed by atoms with van der Waals surface area (Å²) >= 11 is 6.33. The molecule has 2 atom stereocenters. The normalized spacial score (nSPS) is 27.8. The number of nitrogens with one attached hydrogen (secondary N) is 1. The van der Waals surface area contributed by atoms with Crippen LogP contribution in [-0.2, 0) is 6.54 Å². The van der Waals surface area contributed by atoms with E-state index < -0.39 is 0 Å². The van der Waals surface area contributed by atoms with Crippen molar-refractivity contribution in [2.75, 3.05) is 6.54 Å². The van der Waals surface area contributed by atoms with Gasteiger partial charge in [0, 0.05) is 29.7 Å². The molecule has 3 nitrogen and oxygen atoms in total. The van der Waals surface area contributed by atoms with E-state index in [0.29, 0.717) is 28.7 Å². The zero-order valence-corrected chi connectivity index (χ0v) is 13.2. The maximum absolute atomic E-state index is 8.92. The van der Waals surface area contributed by atoms with Crippen molar-refractivity contribution in [2.24, 2.45) is 0 Å². The third kappa shape index (κ3) is 3.23. The Hall–Kier alpha value is -1.08. The third-order valence-corrected chi connectivity index (χ3v) is 5.28. The van der Waals surface area contributed by atoms with Crippen LogP contribution in [0.15, 0.2) is 18.2 Å². The van der Waals surface area contributed by atoms with Crippen molar-refractivity contribution in [1.82, 2.24) is 10.2 Å². The van der Waals surface area contributed by atoms with E-state index in [1.807, 2.05) is 12.1 Å². The SMILES string of the molecule is CCN(Cc1ccc(C#N)cc1Cl)C1CC2CCC(C1)N2. The van der Waals surface area contributed by atoms with Gasteiger partial charge in [-0.05, 0) is 49.9 Å². The molecule has 1 N–H and O–H groups in total. The van der Waals surface area contributed by atoms with Gasteiger partial charge in [-0.3, -0.25) is 4.90 Å². The van der Waals surface area contributed by atoms with Crippen LogP contribution >= 0.6 is 11.6 Å². The number of hydrogen-bond acceptors (Lipinski definition) is 3. The summed E-state index contributed by atoms with van der Waals surface area (Å²) in [5, 5.41) is 13.3. The largest absolute Gasteiger partial charge is 0.311 e. The summed E-state index contributed by atoms with van der Waals surface area (Å²) in [6.45, 7) is 4.15. The molecule has 2 aliphatic heterocycles. The lowest BCUT2D eigenvalue weighted by Gasteiger charge is -2.37. The molecule has 2 unspecified atom stereocenters. The first-order valence-electron chi connectivity index (χ1n) is 7.88. The molecule has 112 valence electrons. The van der Waals surface area contributed by atoms with E-state index in [2.05, 4.69) is 23.2 Å². The van der Waals surface area contributed by atoms with Gasteiger partial charge in [0.25, 0.3) is 0 Å². The predicted molar refractivity (Wildman–Crippen MR) is 85.2 cm³/mol. The molecule has 2 fully saturated rings. The van der Waals surface area contributed by atoms with Crippen molar-refractivity contribution in [3.05, 3.63) is 34.3 Å². The summed E-state index contributed by atoms with van der Waals surface area (Å²) in [6, 6.07) is 9.84. The number of halogens is 1. The predicted octanol–water partition coefficient (Wildman–Crippen LogP) is 3.32. The van der Waals surface area contributed by atoms with Crippen LogP contribution in [0.4, 0.5) is 0 Å². The molecule has 1 aromatic carbocycles. The second-order valence-corrected chi connectivity index (χ2v) is 6.65. The monoisotopic (exact) mass is 303 g/mol. The molecule has 0 amide bonds. The Morgan fingerprint density at radius 2 is 2.05 bits per heavy atom. The maximum atomic E-state index is 8.92. The fourth-order valence-corrected chi connectivity index (χ4v) is 4.03. The Bertz CT molecular complexity index is 539. The van der Waals surface area contributed by atoms with Gasteiger partial charge in [-0.2, -0.15) is 5.26 Å². The first kappa shape index (κ1) is 14.8. The van der Waals surface area contributed by atoms with Gasteiger partial charge in [0.2, 0.25) is 0 Å². The van der Waals surface area contributed by atoms with Gasteiger partial charge in [0.15, 0.2) is 0 Å². The summed E-state index contributed by atoms with van der Waals surface area (Å²) in [6.07, 6.45) is 5.16. The fraction of sp³-hybridized carbons (Fsp3) is 0.588. The van der Waals surface area contributed by atoms with Crippen LogP contribution in [0.25, 0.3) is 0 Å². The molecule has 4 heteroatoms. The number of nitriles is 1. The van der Waals surface area contributed by atoms with Crippen molar-refractivity contribution >= 4 is 11.6 Å². The molecule has 3 rings (SSSR count). The first-order valence-corrected chi connectivity index (χ1v) is 8.26. The molecule has 1 aromatic rings. The van der Waals surface area contributed by atoms with Gasteiger partial charge in [-0.15, -0.1) is 0 Å². The van der Waals surface area contributed by atoms with Crippen LogP contribution in [0.2, 0.25) is 5.02 Å². The number of rotatable bonds is 4. The Morgan fingerprint density at radius 1 is 1.33 bits per heavy atom. The molecule has 2 aliphatic rings. The highest BCUT2D eigenvalue weighted by Gasteiger charge is 2.35. The minimum atomic E-state index is 0.631. The molecular weight excluding hydrogens is 282 g/mol. The summed E-state index contributed by atoms with van der Waals surface area (Å²) < 4.78 is 0. The molecule has 21 heavy (non-hydrogen) atoms. The molecule has 2 saturated heterocycles. The molecular formula is C17H22ClN3.